The first-order valence-electron chi connectivity index (χ1n) is 7.21. The van der Waals surface area contributed by atoms with Crippen molar-refractivity contribution in [2.24, 2.45) is 0 Å². The zero-order valence-electron chi connectivity index (χ0n) is 12.6. The van der Waals surface area contributed by atoms with E-state index in [0.717, 1.165) is 24.8 Å². The molecule has 0 aliphatic heterocycles. The van der Waals surface area contributed by atoms with Crippen LogP contribution in [0.3, 0.4) is 0 Å². The number of aliphatic hydroxyl groups is 1. The van der Waals surface area contributed by atoms with Crippen LogP contribution in [0.1, 0.15) is 45.1 Å². The highest BCUT2D eigenvalue weighted by Gasteiger charge is 2.16. The van der Waals surface area contributed by atoms with Crippen molar-refractivity contribution in [1.82, 2.24) is 4.72 Å². The lowest BCUT2D eigenvalue weighted by atomic mass is 10.2. The number of hydrogen-bond acceptors (Lipinski definition) is 3. The average molecular weight is 309 g/mol. The molecule has 0 saturated carbocycles. The molecule has 2 N–H and O–H groups in total. The quantitative estimate of drug-likeness (QED) is 0.759. The van der Waals surface area contributed by atoms with Crippen LogP contribution in [0.4, 0.5) is 0 Å². The Balaban J connectivity index is 2.74. The zero-order valence-corrected chi connectivity index (χ0v) is 13.4. The van der Waals surface area contributed by atoms with E-state index in [1.165, 1.54) is 0 Å². The van der Waals surface area contributed by atoms with E-state index in [-0.39, 0.29) is 17.5 Å². The van der Waals surface area contributed by atoms with Crippen LogP contribution in [-0.4, -0.2) is 26.2 Å². The molecule has 1 rings (SSSR count). The number of benzene rings is 1. The van der Waals surface area contributed by atoms with Gasteiger partial charge in [-0.15, -0.1) is 0 Å². The Morgan fingerprint density at radius 2 is 1.95 bits per heavy atom. The van der Waals surface area contributed by atoms with Crippen molar-refractivity contribution < 1.29 is 13.5 Å². The van der Waals surface area contributed by atoms with E-state index in [4.69, 9.17) is 5.11 Å². The van der Waals surface area contributed by atoms with Crippen LogP contribution in [-0.2, 0) is 10.0 Å². The van der Waals surface area contributed by atoms with Crippen molar-refractivity contribution in [1.29, 1.82) is 0 Å². The molecule has 0 bridgehead atoms. The standard InChI is InChI=1S/C16H23NO3S/c1-3-4-7-14(2)17-21(19,20)16-11-9-15(10-12-16)8-5-6-13-18/h9-12,14,17-18H,3-4,6-7,13H2,1-2H3. The molecule has 0 aliphatic rings. The molecule has 1 atom stereocenters. The minimum atomic E-state index is -3.47. The second-order valence-electron chi connectivity index (χ2n) is 4.96. The summed E-state index contributed by atoms with van der Waals surface area (Å²) in [5, 5.41) is 8.65. The fourth-order valence-corrected chi connectivity index (χ4v) is 3.12. The molecule has 1 unspecified atom stereocenters. The van der Waals surface area contributed by atoms with E-state index in [2.05, 4.69) is 23.5 Å². The van der Waals surface area contributed by atoms with Crippen LogP contribution < -0.4 is 4.72 Å². The molecule has 0 spiro atoms. The van der Waals surface area contributed by atoms with Crippen molar-refractivity contribution in [3.8, 4) is 11.8 Å². The third-order valence-electron chi connectivity index (χ3n) is 2.98. The van der Waals surface area contributed by atoms with Gasteiger partial charge < -0.3 is 5.11 Å². The number of rotatable bonds is 7. The SMILES string of the molecule is CCCCC(C)NS(=O)(=O)c1ccc(C#CCCO)cc1. The molecular formula is C16H23NO3S. The number of hydrogen-bond donors (Lipinski definition) is 2. The van der Waals surface area contributed by atoms with Gasteiger partial charge in [-0.2, -0.15) is 0 Å². The number of unbranched alkanes of at least 4 members (excludes halogenated alkanes) is 1. The molecule has 1 aromatic carbocycles. The van der Waals surface area contributed by atoms with Crippen LogP contribution in [0.25, 0.3) is 0 Å². The third kappa shape index (κ3) is 6.30. The maximum atomic E-state index is 12.2. The molecule has 0 saturated heterocycles. The zero-order chi connectivity index (χ0) is 15.7. The molecule has 4 nitrogen and oxygen atoms in total. The monoisotopic (exact) mass is 309 g/mol. The highest BCUT2D eigenvalue weighted by atomic mass is 32.2. The molecule has 116 valence electrons. The van der Waals surface area contributed by atoms with Crippen molar-refractivity contribution in [2.75, 3.05) is 6.61 Å². The summed E-state index contributed by atoms with van der Waals surface area (Å²) in [4.78, 5) is 0.249. The minimum Gasteiger partial charge on any atom is -0.395 e. The number of sulfonamides is 1. The lowest BCUT2D eigenvalue weighted by Gasteiger charge is -2.13. The van der Waals surface area contributed by atoms with E-state index in [9.17, 15) is 8.42 Å². The molecule has 5 heteroatoms. The summed E-state index contributed by atoms with van der Waals surface area (Å²) < 4.78 is 27.1. The van der Waals surface area contributed by atoms with Gasteiger partial charge >= 0.3 is 0 Å². The van der Waals surface area contributed by atoms with Crippen LogP contribution in [0.2, 0.25) is 0 Å². The summed E-state index contributed by atoms with van der Waals surface area (Å²) >= 11 is 0. The van der Waals surface area contributed by atoms with Crippen LogP contribution in [0, 0.1) is 11.8 Å². The Bertz CT molecular complexity index is 582. The summed E-state index contributed by atoms with van der Waals surface area (Å²) in [6.07, 6.45) is 3.30. The van der Waals surface area contributed by atoms with Gasteiger partial charge in [0.05, 0.1) is 11.5 Å². The highest BCUT2D eigenvalue weighted by Crippen LogP contribution is 2.12. The first-order valence-corrected chi connectivity index (χ1v) is 8.70. The molecular weight excluding hydrogens is 286 g/mol. The van der Waals surface area contributed by atoms with Crippen molar-refractivity contribution in [2.45, 2.75) is 50.5 Å². The van der Waals surface area contributed by atoms with Gasteiger partial charge in [0.15, 0.2) is 0 Å². The number of aliphatic hydroxyl groups excluding tert-OH is 1. The van der Waals surface area contributed by atoms with Gasteiger partial charge in [0.1, 0.15) is 0 Å². The van der Waals surface area contributed by atoms with E-state index < -0.39 is 10.0 Å². The van der Waals surface area contributed by atoms with E-state index in [1.807, 2.05) is 6.92 Å². The maximum Gasteiger partial charge on any atom is 0.240 e. The van der Waals surface area contributed by atoms with Crippen molar-refractivity contribution in [3.63, 3.8) is 0 Å². The Morgan fingerprint density at radius 3 is 2.52 bits per heavy atom. The fraction of sp³-hybridized carbons (Fsp3) is 0.500. The average Bonchev–Trinajstić information content (AvgIpc) is 2.45. The summed E-state index contributed by atoms with van der Waals surface area (Å²) in [5.74, 6) is 5.67. The molecule has 0 amide bonds. The van der Waals surface area contributed by atoms with Gasteiger partial charge in [-0.05, 0) is 37.6 Å². The van der Waals surface area contributed by atoms with E-state index >= 15 is 0 Å². The van der Waals surface area contributed by atoms with Crippen LogP contribution in [0.15, 0.2) is 29.2 Å². The predicted octanol–water partition coefficient (Wildman–Crippen LogP) is 2.28. The maximum absolute atomic E-state index is 12.2. The Kier molecular flexibility index (Phi) is 7.44. The van der Waals surface area contributed by atoms with Crippen LogP contribution in [0.5, 0.6) is 0 Å². The largest absolute Gasteiger partial charge is 0.395 e. The second kappa shape index (κ2) is 8.83. The molecule has 0 radical (unpaired) electrons. The van der Waals surface area contributed by atoms with Crippen molar-refractivity contribution in [3.05, 3.63) is 29.8 Å². The van der Waals surface area contributed by atoms with Crippen LogP contribution >= 0.6 is 0 Å². The van der Waals surface area contributed by atoms with E-state index in [0.29, 0.717) is 6.42 Å². The Morgan fingerprint density at radius 1 is 1.29 bits per heavy atom. The topological polar surface area (TPSA) is 66.4 Å². The first-order chi connectivity index (χ1) is 9.99. The molecule has 0 aromatic heterocycles. The highest BCUT2D eigenvalue weighted by molar-refractivity contribution is 7.89. The Hall–Kier alpha value is -1.35. The van der Waals surface area contributed by atoms with Gasteiger partial charge in [0, 0.05) is 18.0 Å². The predicted molar refractivity (Wildman–Crippen MR) is 84.3 cm³/mol. The first kappa shape index (κ1) is 17.7. The molecule has 0 heterocycles. The summed E-state index contributed by atoms with van der Waals surface area (Å²) in [6.45, 7) is 3.98. The van der Waals surface area contributed by atoms with Gasteiger partial charge in [0.25, 0.3) is 0 Å². The van der Waals surface area contributed by atoms with Gasteiger partial charge in [0.2, 0.25) is 10.0 Å². The summed E-state index contributed by atoms with van der Waals surface area (Å²) in [6, 6.07) is 6.39. The normalized spacial score (nSPS) is 12.5. The number of nitrogens with one attached hydrogen (secondary N) is 1. The Labute approximate surface area is 127 Å². The van der Waals surface area contributed by atoms with Crippen molar-refractivity contribution >= 4 is 10.0 Å². The smallest absolute Gasteiger partial charge is 0.240 e. The summed E-state index contributed by atoms with van der Waals surface area (Å²) in [7, 11) is -3.47. The molecule has 0 aliphatic carbocycles. The molecule has 0 fully saturated rings. The van der Waals surface area contributed by atoms with Gasteiger partial charge in [-0.1, -0.05) is 31.6 Å². The van der Waals surface area contributed by atoms with Gasteiger partial charge in [-0.25, -0.2) is 13.1 Å². The van der Waals surface area contributed by atoms with E-state index in [1.54, 1.807) is 24.3 Å². The second-order valence-corrected chi connectivity index (χ2v) is 6.68. The lowest BCUT2D eigenvalue weighted by Crippen LogP contribution is -2.32. The molecule has 1 aromatic rings. The lowest BCUT2D eigenvalue weighted by molar-refractivity contribution is 0.305. The molecule has 21 heavy (non-hydrogen) atoms. The van der Waals surface area contributed by atoms with Gasteiger partial charge in [-0.3, -0.25) is 0 Å². The fourth-order valence-electron chi connectivity index (χ4n) is 1.84. The minimum absolute atomic E-state index is 0.0268. The third-order valence-corrected chi connectivity index (χ3v) is 4.59. The summed E-state index contributed by atoms with van der Waals surface area (Å²) in [5.41, 5.74) is 0.737.